The maximum absolute atomic E-state index is 5.24. The largest absolute Gasteiger partial charge is 0.228 e. The molecule has 0 aliphatic heterocycles. The molecule has 316 valence electrons. The molecule has 0 fully saturated rings. The molecule has 68 heavy (non-hydrogen) atoms. The first-order valence-corrected chi connectivity index (χ1v) is 23.6. The molecule has 1 heterocycles. The van der Waals surface area contributed by atoms with Crippen LogP contribution in [0.15, 0.2) is 255 Å². The monoisotopic (exact) mass is 862 g/mol. The van der Waals surface area contributed by atoms with Crippen molar-refractivity contribution in [2.24, 2.45) is 0 Å². The van der Waals surface area contributed by atoms with Crippen molar-refractivity contribution in [3.05, 3.63) is 299 Å². The van der Waals surface area contributed by atoms with Crippen LogP contribution in [0.1, 0.15) is 44.5 Å². The van der Waals surface area contributed by atoms with Gasteiger partial charge in [0.1, 0.15) is 0 Å². The van der Waals surface area contributed by atoms with E-state index in [1.165, 1.54) is 77.9 Å². The zero-order chi connectivity index (χ0) is 44.8. The summed E-state index contributed by atoms with van der Waals surface area (Å²) in [6.07, 6.45) is 0. The van der Waals surface area contributed by atoms with E-state index in [-0.39, 0.29) is 0 Å². The van der Waals surface area contributed by atoms with Gasteiger partial charge in [0.15, 0.2) is 5.82 Å². The number of benzene rings is 10. The fraction of sp³-hybridized carbons (Fsp3) is 0.0303. The van der Waals surface area contributed by atoms with Gasteiger partial charge >= 0.3 is 0 Å². The third-order valence-corrected chi connectivity index (χ3v) is 15.0. The Labute approximate surface area is 396 Å². The molecule has 2 spiro atoms. The summed E-state index contributed by atoms with van der Waals surface area (Å²) in [5.41, 5.74) is 24.4. The Morgan fingerprint density at radius 3 is 1.00 bits per heavy atom. The van der Waals surface area contributed by atoms with Gasteiger partial charge in [-0.25, -0.2) is 9.97 Å². The number of nitrogens with zero attached hydrogens (tertiary/aromatic N) is 2. The molecule has 0 radical (unpaired) electrons. The van der Waals surface area contributed by atoms with Crippen molar-refractivity contribution in [3.63, 3.8) is 0 Å². The zero-order valence-electron chi connectivity index (χ0n) is 37.1. The average molecular weight is 863 g/mol. The van der Waals surface area contributed by atoms with E-state index >= 15 is 0 Å². The van der Waals surface area contributed by atoms with Crippen LogP contribution in [0.25, 0.3) is 78.4 Å². The Morgan fingerprint density at radius 1 is 0.206 bits per heavy atom. The van der Waals surface area contributed by atoms with Gasteiger partial charge in [-0.3, -0.25) is 0 Å². The summed E-state index contributed by atoms with van der Waals surface area (Å²) in [7, 11) is 0. The molecule has 14 rings (SSSR count). The summed E-state index contributed by atoms with van der Waals surface area (Å²) < 4.78 is 0. The van der Waals surface area contributed by atoms with Crippen molar-refractivity contribution < 1.29 is 0 Å². The standard InChI is InChI=1S/C66H42N2/c1-3-17-43(18-4-1)44-33-37-48(38-34-44)64-67-62(46-19-5-2-6-20-46)42-63(68-64)47-35-31-45(32-36-47)49-39-40-60-61(41-49)66(56-27-13-9-23-52(56)53-24-10-14-28-57(53)66)59-30-16-15-29-58(59)65(60)54-25-11-7-21-50(54)51-22-8-12-26-55(51)65/h1-42H. The Morgan fingerprint density at radius 2 is 0.515 bits per heavy atom. The van der Waals surface area contributed by atoms with Gasteiger partial charge in [0.25, 0.3) is 0 Å². The van der Waals surface area contributed by atoms with Gasteiger partial charge in [-0.2, -0.15) is 0 Å². The van der Waals surface area contributed by atoms with Crippen LogP contribution >= 0.6 is 0 Å². The minimum absolute atomic E-state index is 0.512. The Kier molecular flexibility index (Phi) is 8.45. The highest BCUT2D eigenvalue weighted by Crippen LogP contribution is 2.67. The van der Waals surface area contributed by atoms with E-state index in [0.29, 0.717) is 5.82 Å². The molecule has 0 bridgehead atoms. The SMILES string of the molecule is c1ccc(-c2ccc(-c3nc(-c4ccccc4)cc(-c4ccc(-c5ccc6c(c5)C5(c7ccccc7-c7ccccc75)c5ccccc5C65c6ccccc6-c6ccccc65)cc4)n3)cc2)cc1. The molecule has 0 atom stereocenters. The van der Waals surface area contributed by atoms with Gasteiger partial charge < -0.3 is 0 Å². The summed E-state index contributed by atoms with van der Waals surface area (Å²) in [6.45, 7) is 0. The normalized spacial score (nSPS) is 13.8. The number of hydrogen-bond donors (Lipinski definition) is 0. The number of aromatic nitrogens is 2. The fourth-order valence-corrected chi connectivity index (χ4v) is 12.2. The summed E-state index contributed by atoms with van der Waals surface area (Å²) in [4.78, 5) is 10.4. The highest BCUT2D eigenvalue weighted by molar-refractivity contribution is 5.94. The average Bonchev–Trinajstić information content (AvgIpc) is 3.89. The van der Waals surface area contributed by atoms with Crippen molar-refractivity contribution in [1.29, 1.82) is 0 Å². The first-order chi connectivity index (χ1) is 33.7. The van der Waals surface area contributed by atoms with Crippen LogP contribution in [0.5, 0.6) is 0 Å². The van der Waals surface area contributed by atoms with Crippen molar-refractivity contribution in [2.75, 3.05) is 0 Å². The maximum atomic E-state index is 5.24. The second-order valence-corrected chi connectivity index (χ2v) is 18.3. The van der Waals surface area contributed by atoms with Crippen LogP contribution < -0.4 is 0 Å². The van der Waals surface area contributed by atoms with Crippen molar-refractivity contribution >= 4 is 0 Å². The number of fused-ring (bicyclic) bond motifs is 16. The third-order valence-electron chi connectivity index (χ3n) is 15.0. The van der Waals surface area contributed by atoms with Gasteiger partial charge in [0, 0.05) is 16.7 Å². The van der Waals surface area contributed by atoms with Crippen LogP contribution in [0, 0.1) is 0 Å². The fourth-order valence-electron chi connectivity index (χ4n) is 12.2. The van der Waals surface area contributed by atoms with Crippen LogP contribution in [0.2, 0.25) is 0 Å². The van der Waals surface area contributed by atoms with Crippen LogP contribution in [-0.4, -0.2) is 9.97 Å². The molecule has 2 heteroatoms. The summed E-state index contributed by atoms with van der Waals surface area (Å²) in [5, 5.41) is 0. The lowest BCUT2D eigenvalue weighted by Gasteiger charge is -2.49. The number of hydrogen-bond acceptors (Lipinski definition) is 2. The quantitative estimate of drug-likeness (QED) is 0.172. The summed E-state index contributed by atoms with van der Waals surface area (Å²) in [6, 6.07) is 93.7. The minimum atomic E-state index is -0.544. The molecule has 0 amide bonds. The van der Waals surface area contributed by atoms with Crippen LogP contribution in [0.4, 0.5) is 0 Å². The molecule has 11 aromatic rings. The molecule has 2 nitrogen and oxygen atoms in total. The van der Waals surface area contributed by atoms with E-state index in [0.717, 1.165) is 39.2 Å². The zero-order valence-corrected chi connectivity index (χ0v) is 37.1. The van der Waals surface area contributed by atoms with Crippen molar-refractivity contribution in [1.82, 2.24) is 9.97 Å². The van der Waals surface area contributed by atoms with Gasteiger partial charge in [-0.1, -0.05) is 243 Å². The Balaban J connectivity index is 0.955. The van der Waals surface area contributed by atoms with E-state index in [2.05, 4.69) is 243 Å². The number of rotatable bonds is 5. The summed E-state index contributed by atoms with van der Waals surface area (Å²) >= 11 is 0. The van der Waals surface area contributed by atoms with Gasteiger partial charge in [-0.15, -0.1) is 0 Å². The lowest BCUT2D eigenvalue weighted by molar-refractivity contribution is 0.633. The lowest BCUT2D eigenvalue weighted by atomic mass is 9.52. The third kappa shape index (κ3) is 5.40. The first-order valence-electron chi connectivity index (χ1n) is 23.6. The second kappa shape index (κ2) is 14.9. The van der Waals surface area contributed by atoms with Gasteiger partial charge in [0.2, 0.25) is 0 Å². The highest BCUT2D eigenvalue weighted by atomic mass is 14.9. The molecule has 0 N–H and O–H groups in total. The molecule has 3 aliphatic carbocycles. The summed E-state index contributed by atoms with van der Waals surface area (Å²) in [5.74, 6) is 0.700. The van der Waals surface area contributed by atoms with Crippen LogP contribution in [-0.2, 0) is 10.8 Å². The van der Waals surface area contributed by atoms with E-state index < -0.39 is 10.8 Å². The maximum Gasteiger partial charge on any atom is 0.160 e. The Hall–Kier alpha value is -8.72. The van der Waals surface area contributed by atoms with Gasteiger partial charge in [-0.05, 0) is 101 Å². The minimum Gasteiger partial charge on any atom is -0.228 e. The highest BCUT2D eigenvalue weighted by Gasteiger charge is 2.58. The molecular weight excluding hydrogens is 821 g/mol. The van der Waals surface area contributed by atoms with Crippen LogP contribution in [0.3, 0.4) is 0 Å². The van der Waals surface area contributed by atoms with E-state index in [1.807, 2.05) is 12.1 Å². The van der Waals surface area contributed by atoms with E-state index in [1.54, 1.807) is 0 Å². The van der Waals surface area contributed by atoms with E-state index in [4.69, 9.17) is 9.97 Å². The molecule has 0 saturated heterocycles. The lowest BCUT2D eigenvalue weighted by Crippen LogP contribution is -2.43. The molecule has 1 aromatic heterocycles. The Bertz CT molecular complexity index is 3680. The van der Waals surface area contributed by atoms with E-state index in [9.17, 15) is 0 Å². The predicted octanol–water partition coefficient (Wildman–Crippen LogP) is 15.9. The second-order valence-electron chi connectivity index (χ2n) is 18.3. The van der Waals surface area contributed by atoms with Crippen molar-refractivity contribution in [2.45, 2.75) is 10.8 Å². The molecule has 10 aromatic carbocycles. The predicted molar refractivity (Wildman–Crippen MR) is 277 cm³/mol. The first kappa shape index (κ1) is 38.5. The molecule has 0 saturated carbocycles. The topological polar surface area (TPSA) is 25.8 Å². The molecule has 0 unspecified atom stereocenters. The van der Waals surface area contributed by atoms with Crippen molar-refractivity contribution in [3.8, 4) is 78.4 Å². The molecule has 3 aliphatic rings. The van der Waals surface area contributed by atoms with Gasteiger partial charge in [0.05, 0.1) is 22.2 Å². The smallest absolute Gasteiger partial charge is 0.160 e. The molecular formula is C66H42N2.